The zero-order chi connectivity index (χ0) is 56.5. The number of ether oxygens (including phenoxy) is 3. The average Bonchev–Trinajstić information content (AvgIpc) is 3.63. The highest BCUT2D eigenvalue weighted by Gasteiger charge is 2.49. The Bertz CT molecular complexity index is 2900. The van der Waals surface area contributed by atoms with Crippen molar-refractivity contribution in [2.45, 2.75) is 141 Å². The van der Waals surface area contributed by atoms with Gasteiger partial charge in [0.2, 0.25) is 11.8 Å². The molecule has 4 aromatic rings. The molecule has 3 fully saturated rings. The van der Waals surface area contributed by atoms with Crippen LogP contribution >= 0.6 is 0 Å². The molecule has 0 radical (unpaired) electrons. The summed E-state index contributed by atoms with van der Waals surface area (Å²) in [6.45, 7) is 16.4. The summed E-state index contributed by atoms with van der Waals surface area (Å²) in [6, 6.07) is 16.1. The second-order valence-electron chi connectivity index (χ2n) is 24.7. The minimum atomic E-state index is -4.52. The molecule has 0 saturated carbocycles. The van der Waals surface area contributed by atoms with Crippen LogP contribution in [0.2, 0.25) is 25.7 Å². The van der Waals surface area contributed by atoms with Gasteiger partial charge in [0.15, 0.2) is 0 Å². The normalized spacial score (nSPS) is 21.9. The van der Waals surface area contributed by atoms with E-state index in [9.17, 15) is 32.3 Å². The number of alkyl halides is 3. The summed E-state index contributed by atoms with van der Waals surface area (Å²) < 4.78 is 96.0. The number of rotatable bonds is 19. The van der Waals surface area contributed by atoms with Crippen molar-refractivity contribution in [1.29, 1.82) is 0 Å². The zero-order valence-corrected chi connectivity index (χ0v) is 48.0. The fourth-order valence-corrected chi connectivity index (χ4v) is 12.8. The Balaban J connectivity index is 0.877. The van der Waals surface area contributed by atoms with E-state index in [2.05, 4.69) is 24.5 Å². The van der Waals surface area contributed by atoms with Gasteiger partial charge in [-0.15, -0.1) is 0 Å². The number of benzene rings is 3. The molecule has 3 aliphatic heterocycles. The number of imidazole rings is 1. The summed E-state index contributed by atoms with van der Waals surface area (Å²) in [4.78, 5) is 61.0. The molecule has 19 heteroatoms. The largest absolute Gasteiger partial charge is 0.497 e. The van der Waals surface area contributed by atoms with Crippen LogP contribution in [0.3, 0.4) is 0 Å². The molecule has 426 valence electrons. The number of halogens is 5. The number of imide groups is 1. The molecule has 3 aromatic carbocycles. The number of amides is 3. The molecule has 0 N–H and O–H groups in total. The van der Waals surface area contributed by atoms with Crippen molar-refractivity contribution in [3.63, 3.8) is 0 Å². The molecular weight excluding hydrogens is 1030 g/mol. The van der Waals surface area contributed by atoms with Crippen LogP contribution in [-0.2, 0) is 49.4 Å². The Labute approximate surface area is 456 Å². The third kappa shape index (κ3) is 13.3. The van der Waals surface area contributed by atoms with Crippen LogP contribution < -0.4 is 10.4 Å². The molecule has 3 amide bonds. The molecule has 13 nitrogen and oxygen atoms in total. The number of carbonyl (C=O) groups is 3. The summed E-state index contributed by atoms with van der Waals surface area (Å²) in [6.07, 6.45) is 0.385. The molecule has 3 saturated heterocycles. The number of methoxy groups -OCH3 is 1. The molecule has 1 aromatic heterocycles. The molecule has 4 heterocycles. The predicted molar refractivity (Wildman–Crippen MR) is 293 cm³/mol. The molecule has 0 spiro atoms. The Morgan fingerprint density at radius 1 is 0.897 bits per heavy atom. The minimum Gasteiger partial charge on any atom is -0.497 e. The highest BCUT2D eigenvalue weighted by Crippen LogP contribution is 2.46. The second kappa shape index (κ2) is 23.5. The van der Waals surface area contributed by atoms with Crippen LogP contribution in [0.4, 0.5) is 22.0 Å². The Morgan fingerprint density at radius 3 is 2.21 bits per heavy atom. The van der Waals surface area contributed by atoms with E-state index < -0.39 is 54.3 Å². The van der Waals surface area contributed by atoms with Crippen molar-refractivity contribution in [3.8, 4) is 5.75 Å². The van der Waals surface area contributed by atoms with Gasteiger partial charge in [-0.25, -0.2) is 13.6 Å². The number of hydrogen-bond donors (Lipinski definition) is 0. The quantitative estimate of drug-likeness (QED) is 0.0391. The molecule has 78 heavy (non-hydrogen) atoms. The first-order chi connectivity index (χ1) is 36.7. The summed E-state index contributed by atoms with van der Waals surface area (Å²) in [5.41, 5.74) is 0.463. The SMILES string of the molecule is COc1ccc([C@]2(CCN(Cc3cc(F)c(C4=CCC(C(=O)N5CCN(Cc6ccc7c(c6)n(C)c(=O)n7C6CCC(=O)N(COCC[Si](C)(C)C)C6=O)CC5)CC4)c(F)c3)CC(C)(C)C(F)(F)F)CCOC(C)(C)C2)cc1. The van der Waals surface area contributed by atoms with Crippen LogP contribution in [0.5, 0.6) is 5.75 Å². The number of carbonyl (C=O) groups excluding carboxylic acids is 3. The third-order valence-electron chi connectivity index (χ3n) is 16.7. The van der Waals surface area contributed by atoms with Gasteiger partial charge in [0.1, 0.15) is 30.2 Å². The van der Waals surface area contributed by atoms with E-state index in [0.29, 0.717) is 100 Å². The number of fused-ring (bicyclic) bond motifs is 1. The zero-order valence-electron chi connectivity index (χ0n) is 47.0. The number of piperidine rings is 1. The lowest BCUT2D eigenvalue weighted by Gasteiger charge is -2.46. The number of nitrogens with zero attached hydrogens (tertiary/aromatic N) is 6. The third-order valence-corrected chi connectivity index (χ3v) is 18.4. The van der Waals surface area contributed by atoms with Gasteiger partial charge in [-0.2, -0.15) is 13.2 Å². The predicted octanol–water partition coefficient (Wildman–Crippen LogP) is 10.5. The Morgan fingerprint density at radius 2 is 1.59 bits per heavy atom. The van der Waals surface area contributed by atoms with E-state index in [1.165, 1.54) is 21.3 Å². The monoisotopic (exact) mass is 1110 g/mol. The fraction of sp³-hybridized carbons (Fsp3) is 0.593. The minimum absolute atomic E-state index is 0.00498. The average molecular weight is 1110 g/mol. The summed E-state index contributed by atoms with van der Waals surface area (Å²) in [5, 5.41) is 0. The van der Waals surface area contributed by atoms with Crippen molar-refractivity contribution < 1.29 is 50.5 Å². The number of allylic oxidation sites excluding steroid dienone is 2. The maximum Gasteiger partial charge on any atom is 0.395 e. The van der Waals surface area contributed by atoms with Crippen LogP contribution in [0.15, 0.2) is 65.5 Å². The van der Waals surface area contributed by atoms with E-state index in [4.69, 9.17) is 14.2 Å². The van der Waals surface area contributed by atoms with Crippen LogP contribution in [0, 0.1) is 23.0 Å². The smallest absolute Gasteiger partial charge is 0.395 e. The standard InChI is InChI=1S/C59H79F5N6O7Si/c1-56(2,59(62,63)64)38-67(24-22-58(23-29-77-57(3,4)37-58)44-15-17-45(75-6)18-16-44)36-41-32-46(60)52(47(61)33-41)42-11-13-43(14-12-42)53(72)68-27-25-66(26-28-68)35-40-10-19-48-50(34-40)65(5)55(74)70(48)49-20-21-51(71)69(54(49)73)39-76-30-31-78(7,8)9/h10-11,15-19,32-34,43,49H,12-14,20-31,35-39H2,1-9H3/t43?,49?,58-/m1/s1. The van der Waals surface area contributed by atoms with Gasteiger partial charge in [-0.05, 0) is 144 Å². The molecule has 8 rings (SSSR count). The van der Waals surface area contributed by atoms with Crippen molar-refractivity contribution in [2.24, 2.45) is 18.4 Å². The Kier molecular flexibility index (Phi) is 17.7. The second-order valence-corrected chi connectivity index (χ2v) is 30.3. The first-order valence-electron chi connectivity index (χ1n) is 27.6. The number of aryl methyl sites for hydroxylation is 1. The van der Waals surface area contributed by atoms with Gasteiger partial charge in [-0.1, -0.05) is 43.9 Å². The van der Waals surface area contributed by atoms with Crippen LogP contribution in [0.1, 0.15) is 107 Å². The van der Waals surface area contributed by atoms with Gasteiger partial charge < -0.3 is 19.1 Å². The van der Waals surface area contributed by atoms with E-state index >= 15 is 8.78 Å². The van der Waals surface area contributed by atoms with E-state index in [-0.39, 0.29) is 80.2 Å². The first-order valence-corrected chi connectivity index (χ1v) is 31.3. The first kappa shape index (κ1) is 58.9. The summed E-state index contributed by atoms with van der Waals surface area (Å²) in [5.74, 6) is -1.99. The van der Waals surface area contributed by atoms with Gasteiger partial charge in [0, 0.05) is 97.5 Å². The summed E-state index contributed by atoms with van der Waals surface area (Å²) in [7, 11) is 1.89. The van der Waals surface area contributed by atoms with Crippen molar-refractivity contribution in [1.82, 2.24) is 28.7 Å². The van der Waals surface area contributed by atoms with Gasteiger partial charge >= 0.3 is 11.9 Å². The van der Waals surface area contributed by atoms with Crippen molar-refractivity contribution in [2.75, 3.05) is 66.3 Å². The van der Waals surface area contributed by atoms with E-state index in [0.717, 1.165) is 35.9 Å². The van der Waals surface area contributed by atoms with E-state index in [1.807, 2.05) is 61.2 Å². The topological polar surface area (TPSA) is 119 Å². The maximum absolute atomic E-state index is 16.2. The fourth-order valence-electron chi connectivity index (χ4n) is 12.0. The number of likely N-dealkylation sites (tertiary alicyclic amines) is 1. The summed E-state index contributed by atoms with van der Waals surface area (Å²) >= 11 is 0. The number of hydrogen-bond acceptors (Lipinski definition) is 9. The van der Waals surface area contributed by atoms with Gasteiger partial charge in [0.05, 0.1) is 29.2 Å². The highest BCUT2D eigenvalue weighted by atomic mass is 28.3. The molecule has 3 atom stereocenters. The molecular formula is C59H79F5N6O7Si. The Hall–Kier alpha value is -5.21. The van der Waals surface area contributed by atoms with E-state index in [1.54, 1.807) is 25.1 Å². The molecule has 4 aliphatic rings. The lowest BCUT2D eigenvalue weighted by atomic mass is 9.67. The highest BCUT2D eigenvalue weighted by molar-refractivity contribution is 6.76. The lowest BCUT2D eigenvalue weighted by molar-refractivity contribution is -0.217. The van der Waals surface area contributed by atoms with Crippen LogP contribution in [0.25, 0.3) is 16.6 Å². The number of piperazine rings is 1. The van der Waals surface area contributed by atoms with Gasteiger partial charge in [0.25, 0.3) is 5.91 Å². The van der Waals surface area contributed by atoms with Crippen molar-refractivity contribution >= 4 is 42.4 Å². The van der Waals surface area contributed by atoms with Crippen molar-refractivity contribution in [3.05, 3.63) is 105 Å². The van der Waals surface area contributed by atoms with Crippen LogP contribution in [-0.4, -0.2) is 133 Å². The molecule has 0 bridgehead atoms. The van der Waals surface area contributed by atoms with Gasteiger partial charge in [-0.3, -0.25) is 38.2 Å². The maximum atomic E-state index is 16.2. The number of aromatic nitrogens is 2. The lowest BCUT2D eigenvalue weighted by Crippen LogP contribution is -2.50. The molecule has 1 aliphatic carbocycles. The molecule has 2 unspecified atom stereocenters.